The van der Waals surface area contributed by atoms with Crippen molar-refractivity contribution in [3.05, 3.63) is 34.1 Å². The van der Waals surface area contributed by atoms with Crippen molar-refractivity contribution in [3.8, 4) is 0 Å². The Morgan fingerprint density at radius 1 is 1.20 bits per heavy atom. The van der Waals surface area contributed by atoms with Crippen LogP contribution in [0, 0.1) is 15.9 Å². The molecule has 1 saturated carbocycles. The van der Waals surface area contributed by atoms with Gasteiger partial charge in [0, 0.05) is 44.4 Å². The van der Waals surface area contributed by atoms with Crippen molar-refractivity contribution >= 4 is 11.4 Å². The molecular formula is C14H18FN3O2. The number of halogens is 1. The van der Waals surface area contributed by atoms with E-state index >= 15 is 0 Å². The van der Waals surface area contributed by atoms with Gasteiger partial charge in [0.1, 0.15) is 11.5 Å². The third-order valence-corrected chi connectivity index (χ3v) is 4.07. The largest absolute Gasteiger partial charge is 0.365 e. The molecule has 0 spiro atoms. The molecule has 3 rings (SSSR count). The van der Waals surface area contributed by atoms with E-state index in [2.05, 4.69) is 4.90 Å². The summed E-state index contributed by atoms with van der Waals surface area (Å²) >= 11 is 0. The third-order valence-electron chi connectivity index (χ3n) is 4.07. The molecule has 1 aromatic carbocycles. The van der Waals surface area contributed by atoms with Crippen LogP contribution in [0.5, 0.6) is 0 Å². The van der Waals surface area contributed by atoms with Gasteiger partial charge < -0.3 is 4.90 Å². The number of anilines is 1. The first kappa shape index (κ1) is 13.3. The molecule has 0 radical (unpaired) electrons. The van der Waals surface area contributed by atoms with Crippen LogP contribution in [0.3, 0.4) is 0 Å². The van der Waals surface area contributed by atoms with Crippen LogP contribution in [-0.2, 0) is 0 Å². The number of hydrogen-bond donors (Lipinski definition) is 0. The third kappa shape index (κ3) is 2.75. The second-order valence-corrected chi connectivity index (χ2v) is 5.50. The molecule has 1 heterocycles. The van der Waals surface area contributed by atoms with Crippen LogP contribution in [0.4, 0.5) is 15.8 Å². The fourth-order valence-electron chi connectivity index (χ4n) is 2.89. The van der Waals surface area contributed by atoms with Gasteiger partial charge in [-0.1, -0.05) is 0 Å². The summed E-state index contributed by atoms with van der Waals surface area (Å²) in [4.78, 5) is 15.1. The molecule has 0 unspecified atom stereocenters. The van der Waals surface area contributed by atoms with Gasteiger partial charge >= 0.3 is 0 Å². The molecule has 6 heteroatoms. The number of nitro groups is 1. The van der Waals surface area contributed by atoms with E-state index < -0.39 is 10.7 Å². The van der Waals surface area contributed by atoms with Gasteiger partial charge in [0.05, 0.1) is 4.92 Å². The summed E-state index contributed by atoms with van der Waals surface area (Å²) in [6.45, 7) is 3.40. The lowest BCUT2D eigenvalue weighted by Gasteiger charge is -2.23. The second kappa shape index (κ2) is 5.36. The lowest BCUT2D eigenvalue weighted by atomic mass is 10.2. The summed E-state index contributed by atoms with van der Waals surface area (Å²) in [5.74, 6) is -0.422. The van der Waals surface area contributed by atoms with Crippen molar-refractivity contribution in [3.63, 3.8) is 0 Å². The van der Waals surface area contributed by atoms with Crippen molar-refractivity contribution in [2.45, 2.75) is 25.3 Å². The molecule has 108 valence electrons. The first-order chi connectivity index (χ1) is 9.65. The zero-order chi connectivity index (χ0) is 14.1. The van der Waals surface area contributed by atoms with Gasteiger partial charge in [-0.05, 0) is 25.3 Å². The fourth-order valence-corrected chi connectivity index (χ4v) is 2.89. The second-order valence-electron chi connectivity index (χ2n) is 5.50. The number of hydrogen-bond acceptors (Lipinski definition) is 4. The number of benzene rings is 1. The minimum Gasteiger partial charge on any atom is -0.365 e. The number of nitro benzene ring substituents is 1. The molecule has 1 saturated heterocycles. The molecule has 20 heavy (non-hydrogen) atoms. The summed E-state index contributed by atoms with van der Waals surface area (Å²) in [5, 5.41) is 11.1. The van der Waals surface area contributed by atoms with Gasteiger partial charge in [0.2, 0.25) is 0 Å². The van der Waals surface area contributed by atoms with E-state index in [0.717, 1.165) is 38.7 Å². The maximum atomic E-state index is 13.4. The Morgan fingerprint density at radius 2 is 2.00 bits per heavy atom. The van der Waals surface area contributed by atoms with Crippen LogP contribution >= 0.6 is 0 Å². The molecule has 0 N–H and O–H groups in total. The average molecular weight is 279 g/mol. The van der Waals surface area contributed by atoms with E-state index in [1.807, 2.05) is 4.90 Å². The summed E-state index contributed by atoms with van der Waals surface area (Å²) in [5.41, 5.74) is 0.402. The Balaban J connectivity index is 1.80. The Hall–Kier alpha value is -1.69. The summed E-state index contributed by atoms with van der Waals surface area (Å²) in [7, 11) is 0. The minimum absolute atomic E-state index is 0.00808. The summed E-state index contributed by atoms with van der Waals surface area (Å²) in [6.07, 6.45) is 3.49. The monoisotopic (exact) mass is 279 g/mol. The Kier molecular flexibility index (Phi) is 3.56. The number of rotatable bonds is 3. The number of nitrogens with zero attached hydrogens (tertiary/aromatic N) is 3. The lowest BCUT2D eigenvalue weighted by Crippen LogP contribution is -2.32. The molecular weight excluding hydrogens is 261 g/mol. The van der Waals surface area contributed by atoms with Crippen molar-refractivity contribution < 1.29 is 9.31 Å². The zero-order valence-electron chi connectivity index (χ0n) is 11.3. The predicted molar refractivity (Wildman–Crippen MR) is 74.5 cm³/mol. The van der Waals surface area contributed by atoms with Crippen LogP contribution in [0.25, 0.3) is 0 Å². The van der Waals surface area contributed by atoms with Gasteiger partial charge in [-0.3, -0.25) is 15.0 Å². The normalized spacial score (nSPS) is 20.8. The van der Waals surface area contributed by atoms with Gasteiger partial charge in [0.25, 0.3) is 5.69 Å². The Bertz CT molecular complexity index is 519. The molecule has 1 aromatic rings. The molecule has 0 atom stereocenters. The molecule has 2 aliphatic rings. The Morgan fingerprint density at radius 3 is 2.70 bits per heavy atom. The molecule has 0 bridgehead atoms. The minimum atomic E-state index is -0.432. The predicted octanol–water partition coefficient (Wildman–Crippen LogP) is 2.41. The quantitative estimate of drug-likeness (QED) is 0.630. The van der Waals surface area contributed by atoms with Crippen LogP contribution < -0.4 is 4.90 Å². The van der Waals surface area contributed by atoms with E-state index in [1.54, 1.807) is 0 Å². The first-order valence-corrected chi connectivity index (χ1v) is 7.08. The standard InChI is InChI=1S/C14H18FN3O2/c15-11-2-5-13(18(19)20)14(10-11)17-7-1-6-16(8-9-17)12-3-4-12/h2,5,10,12H,1,3-4,6-9H2. The maximum Gasteiger partial charge on any atom is 0.292 e. The lowest BCUT2D eigenvalue weighted by molar-refractivity contribution is -0.384. The smallest absolute Gasteiger partial charge is 0.292 e. The summed E-state index contributed by atoms with van der Waals surface area (Å²) < 4.78 is 13.4. The molecule has 0 aromatic heterocycles. The first-order valence-electron chi connectivity index (χ1n) is 7.08. The van der Waals surface area contributed by atoms with Crippen molar-refractivity contribution in [2.75, 3.05) is 31.1 Å². The van der Waals surface area contributed by atoms with Gasteiger partial charge in [-0.2, -0.15) is 0 Å². The topological polar surface area (TPSA) is 49.6 Å². The van der Waals surface area contributed by atoms with Crippen LogP contribution in [0.2, 0.25) is 0 Å². The van der Waals surface area contributed by atoms with Crippen LogP contribution in [0.1, 0.15) is 19.3 Å². The fraction of sp³-hybridized carbons (Fsp3) is 0.571. The maximum absolute atomic E-state index is 13.4. The van der Waals surface area contributed by atoms with E-state index in [9.17, 15) is 14.5 Å². The highest BCUT2D eigenvalue weighted by molar-refractivity contribution is 5.63. The van der Waals surface area contributed by atoms with Crippen molar-refractivity contribution in [1.29, 1.82) is 0 Å². The van der Waals surface area contributed by atoms with Crippen molar-refractivity contribution in [2.24, 2.45) is 0 Å². The van der Waals surface area contributed by atoms with Gasteiger partial charge in [-0.25, -0.2) is 4.39 Å². The Labute approximate surface area is 117 Å². The van der Waals surface area contributed by atoms with Gasteiger partial charge in [0.15, 0.2) is 0 Å². The highest BCUT2D eigenvalue weighted by atomic mass is 19.1. The van der Waals surface area contributed by atoms with E-state index in [1.165, 1.54) is 25.0 Å². The van der Waals surface area contributed by atoms with Crippen molar-refractivity contribution in [1.82, 2.24) is 4.90 Å². The van der Waals surface area contributed by atoms with E-state index in [0.29, 0.717) is 11.7 Å². The molecule has 1 aliphatic carbocycles. The summed E-state index contributed by atoms with van der Waals surface area (Å²) in [6, 6.07) is 4.40. The molecule has 5 nitrogen and oxygen atoms in total. The van der Waals surface area contributed by atoms with Crippen LogP contribution in [-0.4, -0.2) is 42.0 Å². The van der Waals surface area contributed by atoms with E-state index in [-0.39, 0.29) is 5.69 Å². The SMILES string of the molecule is O=[N+]([O-])c1ccc(F)cc1N1CCCN(C2CC2)CC1. The average Bonchev–Trinajstić information content (AvgIpc) is 3.24. The molecule has 0 amide bonds. The van der Waals surface area contributed by atoms with E-state index in [4.69, 9.17) is 0 Å². The highest BCUT2D eigenvalue weighted by Gasteiger charge is 2.31. The highest BCUT2D eigenvalue weighted by Crippen LogP contribution is 2.32. The zero-order valence-corrected chi connectivity index (χ0v) is 11.3. The molecule has 2 fully saturated rings. The van der Waals surface area contributed by atoms with Gasteiger partial charge in [-0.15, -0.1) is 0 Å². The van der Waals surface area contributed by atoms with Crippen LogP contribution in [0.15, 0.2) is 18.2 Å². The molecule has 1 aliphatic heterocycles.